The van der Waals surface area contributed by atoms with Gasteiger partial charge in [0.1, 0.15) is 5.82 Å². The molecule has 2 heterocycles. The molecule has 2 rings (SSSR count). The number of nitrogens with zero attached hydrogens (tertiary/aromatic N) is 2. The van der Waals surface area contributed by atoms with Crippen molar-refractivity contribution >= 4 is 11.3 Å². The van der Waals surface area contributed by atoms with Gasteiger partial charge in [0.15, 0.2) is 0 Å². The summed E-state index contributed by atoms with van der Waals surface area (Å²) in [6.45, 7) is 4.95. The summed E-state index contributed by atoms with van der Waals surface area (Å²) >= 11 is 1.70. The van der Waals surface area contributed by atoms with E-state index in [1.807, 2.05) is 18.3 Å². The van der Waals surface area contributed by atoms with Gasteiger partial charge in [-0.1, -0.05) is 19.9 Å². The molecule has 0 aliphatic heterocycles. The number of thiophene rings is 1. The predicted octanol–water partition coefficient (Wildman–Crippen LogP) is 2.70. The van der Waals surface area contributed by atoms with Gasteiger partial charge in [-0.2, -0.15) is 0 Å². The van der Waals surface area contributed by atoms with Crippen LogP contribution in [-0.4, -0.2) is 16.0 Å². The van der Waals surface area contributed by atoms with Crippen LogP contribution < -0.4 is 5.32 Å². The van der Waals surface area contributed by atoms with Crippen molar-refractivity contribution in [1.29, 1.82) is 0 Å². The first-order valence-electron chi connectivity index (χ1n) is 5.35. The summed E-state index contributed by atoms with van der Waals surface area (Å²) < 4.78 is 0. The van der Waals surface area contributed by atoms with Gasteiger partial charge in [-0.15, -0.1) is 11.3 Å². The lowest BCUT2D eigenvalue weighted by atomic mass is 10.3. The molecule has 0 saturated carbocycles. The highest BCUT2D eigenvalue weighted by atomic mass is 32.1. The van der Waals surface area contributed by atoms with E-state index in [0.717, 1.165) is 18.1 Å². The highest BCUT2D eigenvalue weighted by molar-refractivity contribution is 7.13. The molecule has 16 heavy (non-hydrogen) atoms. The van der Waals surface area contributed by atoms with Crippen molar-refractivity contribution in [3.05, 3.63) is 35.6 Å². The zero-order valence-electron chi connectivity index (χ0n) is 9.47. The van der Waals surface area contributed by atoms with Crippen LogP contribution in [0.2, 0.25) is 0 Å². The van der Waals surface area contributed by atoms with Crippen molar-refractivity contribution in [2.45, 2.75) is 26.4 Å². The minimum atomic E-state index is 0.453. The average molecular weight is 233 g/mol. The van der Waals surface area contributed by atoms with Gasteiger partial charge in [-0.25, -0.2) is 9.97 Å². The maximum atomic E-state index is 4.52. The lowest BCUT2D eigenvalue weighted by Crippen LogP contribution is -2.23. The van der Waals surface area contributed by atoms with Crippen molar-refractivity contribution in [2.75, 3.05) is 0 Å². The van der Waals surface area contributed by atoms with E-state index in [4.69, 9.17) is 0 Å². The maximum Gasteiger partial charge on any atom is 0.142 e. The predicted molar refractivity (Wildman–Crippen MR) is 67.3 cm³/mol. The molecule has 0 aromatic carbocycles. The summed E-state index contributed by atoms with van der Waals surface area (Å²) in [6.07, 6.45) is 1.82. The van der Waals surface area contributed by atoms with E-state index in [-0.39, 0.29) is 0 Å². The molecule has 2 aromatic heterocycles. The average Bonchev–Trinajstić information content (AvgIpc) is 2.80. The smallest absolute Gasteiger partial charge is 0.142 e. The lowest BCUT2D eigenvalue weighted by molar-refractivity contribution is 0.572. The first-order chi connectivity index (χ1) is 7.75. The third kappa shape index (κ3) is 2.87. The van der Waals surface area contributed by atoms with Crippen LogP contribution in [0.1, 0.15) is 19.7 Å². The summed E-state index contributed by atoms with van der Waals surface area (Å²) in [5.41, 5.74) is 1.01. The monoisotopic (exact) mass is 233 g/mol. The first-order valence-corrected chi connectivity index (χ1v) is 6.23. The summed E-state index contributed by atoms with van der Waals surface area (Å²) in [6, 6.07) is 6.51. The number of nitrogens with one attached hydrogen (secondary N) is 1. The molecule has 4 heteroatoms. The van der Waals surface area contributed by atoms with Crippen molar-refractivity contribution in [3.8, 4) is 10.6 Å². The zero-order valence-corrected chi connectivity index (χ0v) is 10.3. The van der Waals surface area contributed by atoms with Crippen molar-refractivity contribution in [2.24, 2.45) is 0 Å². The van der Waals surface area contributed by atoms with Crippen LogP contribution in [-0.2, 0) is 6.54 Å². The SMILES string of the molecule is CC(C)NCc1nccc(-c2cccs2)n1. The van der Waals surface area contributed by atoms with Gasteiger partial charge in [0.05, 0.1) is 17.1 Å². The molecule has 0 aliphatic rings. The molecule has 0 fully saturated rings. The molecule has 0 amide bonds. The number of hydrogen-bond donors (Lipinski definition) is 1. The Labute approximate surface area is 99.6 Å². The molecule has 0 spiro atoms. The van der Waals surface area contributed by atoms with Crippen LogP contribution in [0.4, 0.5) is 0 Å². The Balaban J connectivity index is 2.14. The molecular weight excluding hydrogens is 218 g/mol. The highest BCUT2D eigenvalue weighted by Crippen LogP contribution is 2.21. The molecule has 0 unspecified atom stereocenters. The van der Waals surface area contributed by atoms with E-state index < -0.39 is 0 Å². The van der Waals surface area contributed by atoms with Gasteiger partial charge >= 0.3 is 0 Å². The summed E-state index contributed by atoms with van der Waals surface area (Å²) in [7, 11) is 0. The molecule has 0 atom stereocenters. The van der Waals surface area contributed by atoms with Crippen molar-refractivity contribution < 1.29 is 0 Å². The van der Waals surface area contributed by atoms with Gasteiger partial charge in [0.2, 0.25) is 0 Å². The van der Waals surface area contributed by atoms with Gasteiger partial charge in [-0.3, -0.25) is 0 Å². The fraction of sp³-hybridized carbons (Fsp3) is 0.333. The molecule has 2 aromatic rings. The third-order valence-corrected chi connectivity index (χ3v) is 3.04. The van der Waals surface area contributed by atoms with Gasteiger partial charge in [0.25, 0.3) is 0 Å². The second kappa shape index (κ2) is 5.18. The Hall–Kier alpha value is -1.26. The van der Waals surface area contributed by atoms with Gasteiger partial charge in [0, 0.05) is 12.2 Å². The maximum absolute atomic E-state index is 4.52. The molecule has 0 saturated heterocycles. The van der Waals surface area contributed by atoms with Gasteiger partial charge in [-0.05, 0) is 17.5 Å². The molecule has 1 N–H and O–H groups in total. The quantitative estimate of drug-likeness (QED) is 0.882. The minimum absolute atomic E-state index is 0.453. The number of hydrogen-bond acceptors (Lipinski definition) is 4. The number of rotatable bonds is 4. The van der Waals surface area contributed by atoms with Crippen LogP contribution in [0.25, 0.3) is 10.6 Å². The first kappa shape index (κ1) is 11.2. The van der Waals surface area contributed by atoms with E-state index in [9.17, 15) is 0 Å². The zero-order chi connectivity index (χ0) is 11.4. The lowest BCUT2D eigenvalue weighted by Gasteiger charge is -2.07. The van der Waals surface area contributed by atoms with E-state index >= 15 is 0 Å². The standard InChI is InChI=1S/C12H15N3S/c1-9(2)14-8-12-13-6-5-10(15-12)11-4-3-7-16-11/h3-7,9,14H,8H2,1-2H3. The highest BCUT2D eigenvalue weighted by Gasteiger charge is 2.03. The van der Waals surface area contributed by atoms with Crippen molar-refractivity contribution in [1.82, 2.24) is 15.3 Å². The topological polar surface area (TPSA) is 37.8 Å². The van der Waals surface area contributed by atoms with Crippen molar-refractivity contribution in [3.63, 3.8) is 0 Å². The number of aromatic nitrogens is 2. The van der Waals surface area contributed by atoms with E-state index in [1.54, 1.807) is 11.3 Å². The normalized spacial score (nSPS) is 10.9. The van der Waals surface area contributed by atoms with E-state index in [2.05, 4.69) is 40.6 Å². The van der Waals surface area contributed by atoms with Crippen LogP contribution >= 0.6 is 11.3 Å². The minimum Gasteiger partial charge on any atom is -0.308 e. The molecule has 3 nitrogen and oxygen atoms in total. The summed E-state index contributed by atoms with van der Waals surface area (Å²) in [5.74, 6) is 0.847. The van der Waals surface area contributed by atoms with Crippen LogP contribution in [0.15, 0.2) is 29.8 Å². The molecule has 0 bridgehead atoms. The molecule has 0 aliphatic carbocycles. The Kier molecular flexibility index (Phi) is 3.64. The molecule has 84 valence electrons. The summed E-state index contributed by atoms with van der Waals surface area (Å²) in [5, 5.41) is 5.37. The van der Waals surface area contributed by atoms with E-state index in [0.29, 0.717) is 6.04 Å². The fourth-order valence-corrected chi connectivity index (χ4v) is 2.04. The van der Waals surface area contributed by atoms with Gasteiger partial charge < -0.3 is 5.32 Å². The van der Waals surface area contributed by atoms with Crippen LogP contribution in [0.3, 0.4) is 0 Å². The second-order valence-corrected chi connectivity index (χ2v) is 4.82. The Morgan fingerprint density at radius 2 is 2.25 bits per heavy atom. The van der Waals surface area contributed by atoms with Crippen LogP contribution in [0, 0.1) is 0 Å². The largest absolute Gasteiger partial charge is 0.308 e. The Morgan fingerprint density at radius 3 is 2.94 bits per heavy atom. The molecular formula is C12H15N3S. The Morgan fingerprint density at radius 1 is 1.38 bits per heavy atom. The van der Waals surface area contributed by atoms with Crippen LogP contribution in [0.5, 0.6) is 0 Å². The van der Waals surface area contributed by atoms with E-state index in [1.165, 1.54) is 4.88 Å². The summed E-state index contributed by atoms with van der Waals surface area (Å²) in [4.78, 5) is 9.96. The fourth-order valence-electron chi connectivity index (χ4n) is 1.34. The Bertz CT molecular complexity index is 437. The second-order valence-electron chi connectivity index (χ2n) is 3.87. The molecule has 0 radical (unpaired) electrons. The third-order valence-electron chi connectivity index (χ3n) is 2.15.